The molecule has 2 saturated heterocycles. The molecule has 4 heterocycles. The monoisotopic (exact) mass is 814 g/mol. The normalized spacial score (nSPS) is 15.5. The molecular weight excluding hydrogens is 770 g/mol. The zero-order valence-electron chi connectivity index (χ0n) is 32.1. The molecule has 0 radical (unpaired) electrons. The van der Waals surface area contributed by atoms with Crippen LogP contribution in [-0.4, -0.2) is 112 Å². The molecular formula is C39H44F6N10O3. The van der Waals surface area contributed by atoms with Gasteiger partial charge in [0, 0.05) is 76.2 Å². The van der Waals surface area contributed by atoms with Gasteiger partial charge in [-0.05, 0) is 67.4 Å². The maximum atomic E-state index is 14.1. The first-order chi connectivity index (χ1) is 27.5. The van der Waals surface area contributed by atoms with Gasteiger partial charge in [-0.2, -0.15) is 26.3 Å². The van der Waals surface area contributed by atoms with Gasteiger partial charge in [0.15, 0.2) is 0 Å². The van der Waals surface area contributed by atoms with Gasteiger partial charge in [-0.3, -0.25) is 14.7 Å². The van der Waals surface area contributed by atoms with Crippen LogP contribution in [0.4, 0.5) is 49.5 Å². The van der Waals surface area contributed by atoms with Crippen LogP contribution in [-0.2, 0) is 17.5 Å². The van der Waals surface area contributed by atoms with Crippen molar-refractivity contribution in [1.29, 1.82) is 0 Å². The highest BCUT2D eigenvalue weighted by Gasteiger charge is 2.38. The number of halogens is 6. The van der Waals surface area contributed by atoms with Crippen LogP contribution in [0.1, 0.15) is 51.1 Å². The summed E-state index contributed by atoms with van der Waals surface area (Å²) < 4.78 is 74.1. The summed E-state index contributed by atoms with van der Waals surface area (Å²) in [6.07, 6.45) is -2.78. The number of aryl methyl sites for hydroxylation is 2. The minimum Gasteiger partial charge on any atom is -0.475 e. The maximum Gasteiger partial charge on any atom is 0.490 e. The zero-order chi connectivity index (χ0) is 42.0. The van der Waals surface area contributed by atoms with Crippen LogP contribution in [0.5, 0.6) is 0 Å². The number of carboxylic acid groups (broad SMARTS) is 1. The Morgan fingerprint density at radius 1 is 0.845 bits per heavy atom. The molecule has 0 spiro atoms. The predicted octanol–water partition coefficient (Wildman–Crippen LogP) is 6.25. The number of anilines is 4. The van der Waals surface area contributed by atoms with Gasteiger partial charge < -0.3 is 30.9 Å². The van der Waals surface area contributed by atoms with Crippen molar-refractivity contribution in [2.45, 2.75) is 39.7 Å². The van der Waals surface area contributed by atoms with Gasteiger partial charge in [-0.25, -0.2) is 19.7 Å². The first kappa shape index (κ1) is 43.5. The average molecular weight is 815 g/mol. The quantitative estimate of drug-likeness (QED) is 0.134. The van der Waals surface area contributed by atoms with Gasteiger partial charge in [-0.15, -0.1) is 0 Å². The van der Waals surface area contributed by atoms with E-state index in [0.717, 1.165) is 68.8 Å². The second kappa shape index (κ2) is 19.2. The first-order valence-electron chi connectivity index (χ1n) is 18.4. The first-order valence-corrected chi connectivity index (χ1v) is 18.4. The van der Waals surface area contributed by atoms with Crippen molar-refractivity contribution in [3.8, 4) is 0 Å². The van der Waals surface area contributed by atoms with Crippen LogP contribution in [0.3, 0.4) is 0 Å². The van der Waals surface area contributed by atoms with E-state index in [-0.39, 0.29) is 17.8 Å². The molecule has 6 rings (SSSR count). The van der Waals surface area contributed by atoms with E-state index in [0.29, 0.717) is 41.8 Å². The minimum atomic E-state index is -5.08. The largest absolute Gasteiger partial charge is 0.490 e. The van der Waals surface area contributed by atoms with Crippen LogP contribution in [0.25, 0.3) is 12.2 Å². The Labute approximate surface area is 331 Å². The lowest BCUT2D eigenvalue weighted by molar-refractivity contribution is -0.192. The summed E-state index contributed by atoms with van der Waals surface area (Å²) in [6.45, 7) is 13.6. The highest BCUT2D eigenvalue weighted by Crippen LogP contribution is 2.35. The third-order valence-electron chi connectivity index (χ3n) is 9.39. The summed E-state index contributed by atoms with van der Waals surface area (Å²) in [5, 5.41) is 16.3. The Kier molecular flexibility index (Phi) is 14.4. The fraction of sp³-hybridized carbons (Fsp3) is 0.385. The lowest BCUT2D eigenvalue weighted by Gasteiger charge is -2.34. The second-order valence-corrected chi connectivity index (χ2v) is 13.6. The van der Waals surface area contributed by atoms with Gasteiger partial charge in [-0.1, -0.05) is 25.1 Å². The van der Waals surface area contributed by atoms with Crippen molar-refractivity contribution < 1.29 is 41.0 Å². The zero-order valence-corrected chi connectivity index (χ0v) is 32.1. The molecule has 2 aromatic heterocycles. The van der Waals surface area contributed by atoms with Crippen LogP contribution in [0.2, 0.25) is 0 Å². The van der Waals surface area contributed by atoms with Crippen molar-refractivity contribution >= 4 is 47.2 Å². The third-order valence-corrected chi connectivity index (χ3v) is 9.39. The molecule has 0 atom stereocenters. The number of carboxylic acids is 1. The minimum absolute atomic E-state index is 0.0886. The number of hydrogen-bond acceptors (Lipinski definition) is 11. The summed E-state index contributed by atoms with van der Waals surface area (Å²) in [5.41, 5.74) is 2.14. The van der Waals surface area contributed by atoms with Gasteiger partial charge in [0.25, 0.3) is 5.91 Å². The van der Waals surface area contributed by atoms with Crippen LogP contribution < -0.4 is 20.9 Å². The number of likely N-dealkylation sites (N-methyl/N-ethyl adjacent to an activating group) is 1. The second-order valence-electron chi connectivity index (χ2n) is 13.6. The Morgan fingerprint density at radius 3 is 2.16 bits per heavy atom. The number of rotatable bonds is 10. The highest BCUT2D eigenvalue weighted by atomic mass is 19.4. The molecule has 2 aromatic carbocycles. The van der Waals surface area contributed by atoms with Crippen LogP contribution in [0.15, 0.2) is 54.9 Å². The highest BCUT2D eigenvalue weighted by molar-refractivity contribution is 6.04. The Hall–Kier alpha value is -5.66. The summed E-state index contributed by atoms with van der Waals surface area (Å²) in [7, 11) is 0. The lowest BCUT2D eigenvalue weighted by Crippen LogP contribution is -2.45. The molecule has 2 fully saturated rings. The van der Waals surface area contributed by atoms with E-state index in [1.807, 2.05) is 30.9 Å². The molecule has 13 nitrogen and oxygen atoms in total. The number of nitrogens with zero attached hydrogens (tertiary/aromatic N) is 7. The molecule has 310 valence electrons. The Balaban J connectivity index is 0.000000839. The molecule has 0 unspecified atom stereocenters. The number of amides is 1. The maximum absolute atomic E-state index is 14.1. The van der Waals surface area contributed by atoms with E-state index < -0.39 is 29.8 Å². The van der Waals surface area contributed by atoms with Gasteiger partial charge in [0.1, 0.15) is 23.3 Å². The number of benzene rings is 2. The molecule has 58 heavy (non-hydrogen) atoms. The van der Waals surface area contributed by atoms with E-state index in [2.05, 4.69) is 52.6 Å². The van der Waals surface area contributed by atoms with Gasteiger partial charge in [0.2, 0.25) is 0 Å². The van der Waals surface area contributed by atoms with Crippen molar-refractivity contribution in [1.82, 2.24) is 35.1 Å². The summed E-state index contributed by atoms with van der Waals surface area (Å²) in [4.78, 5) is 46.7. The number of aromatic nitrogens is 4. The van der Waals surface area contributed by atoms with Crippen molar-refractivity contribution in [3.63, 3.8) is 0 Å². The molecule has 1 amide bonds. The van der Waals surface area contributed by atoms with Crippen molar-refractivity contribution in [2.75, 3.05) is 74.4 Å². The topological polar surface area (TPSA) is 152 Å². The lowest BCUT2D eigenvalue weighted by atomic mass is 10.0. The SMILES string of the molecule is CCN1CCN(Cc2ccc(NC(=O)c3ccc(C)c(C=Cc4cnc(Nc5cc(N6CCNCC6)nc(C)n5)cn4)c3)cc2C(F)(F)F)CC1.O=C(O)C(F)(F)F. The van der Waals surface area contributed by atoms with E-state index >= 15 is 0 Å². The van der Waals surface area contributed by atoms with Gasteiger partial charge >= 0.3 is 18.3 Å². The molecule has 2 aliphatic heterocycles. The fourth-order valence-corrected chi connectivity index (χ4v) is 6.19. The van der Waals surface area contributed by atoms with E-state index in [9.17, 15) is 31.1 Å². The number of piperazine rings is 2. The van der Waals surface area contributed by atoms with E-state index in [4.69, 9.17) is 9.90 Å². The number of carbonyl (C=O) groups is 2. The van der Waals surface area contributed by atoms with Crippen molar-refractivity contribution in [3.05, 3.63) is 94.2 Å². The van der Waals surface area contributed by atoms with E-state index in [1.54, 1.807) is 36.7 Å². The Bertz CT molecular complexity index is 2060. The number of aliphatic carboxylic acids is 1. The van der Waals surface area contributed by atoms with Crippen LogP contribution in [0, 0.1) is 13.8 Å². The standard InChI is InChI=1S/C37H43F3N10O.C2HF3O2/c1-4-48-15-17-49(18-16-48)24-29-8-9-30(20-32(29)37(38,39)40)46-36(51)28-6-5-25(2)27(19-28)7-10-31-22-43-34(23-42-31)47-33-21-35(45-26(3)44-33)50-13-11-41-12-14-50;3-2(4,5)1(6)7/h5-10,19-23,41H,4,11-18,24H2,1-3H3,(H,46,51)(H,43,44,45,47);(H,6,7). The smallest absolute Gasteiger partial charge is 0.475 e. The number of alkyl halides is 6. The molecule has 0 saturated carbocycles. The number of carbonyl (C=O) groups excluding carboxylic acids is 1. The predicted molar refractivity (Wildman–Crippen MR) is 208 cm³/mol. The molecule has 19 heteroatoms. The molecule has 0 bridgehead atoms. The Morgan fingerprint density at radius 2 is 1.53 bits per heavy atom. The third kappa shape index (κ3) is 12.4. The average Bonchev–Trinajstić information content (AvgIpc) is 3.18. The van der Waals surface area contributed by atoms with Crippen molar-refractivity contribution in [2.24, 2.45) is 0 Å². The fourth-order valence-electron chi connectivity index (χ4n) is 6.19. The summed E-state index contributed by atoms with van der Waals surface area (Å²) >= 11 is 0. The molecule has 2 aliphatic rings. The van der Waals surface area contributed by atoms with Crippen LogP contribution >= 0.6 is 0 Å². The summed E-state index contributed by atoms with van der Waals surface area (Å²) in [5.74, 6) is -0.581. The summed E-state index contributed by atoms with van der Waals surface area (Å²) in [6, 6.07) is 11.1. The number of hydrogen-bond donors (Lipinski definition) is 4. The molecule has 4 aromatic rings. The number of nitrogens with one attached hydrogen (secondary N) is 3. The van der Waals surface area contributed by atoms with Gasteiger partial charge in [0.05, 0.1) is 23.7 Å². The molecule has 0 aliphatic carbocycles. The van der Waals surface area contributed by atoms with E-state index in [1.165, 1.54) is 12.1 Å². The molecule has 4 N–H and O–H groups in total.